The van der Waals surface area contributed by atoms with E-state index in [-0.39, 0.29) is 19.2 Å². The van der Waals surface area contributed by atoms with Gasteiger partial charge in [-0.1, -0.05) is 0 Å². The molecule has 0 saturated heterocycles. The van der Waals surface area contributed by atoms with Crippen LogP contribution in [0, 0.1) is 5.82 Å². The Labute approximate surface area is 75.0 Å². The third kappa shape index (κ3) is 1.33. The predicted octanol–water partition coefficient (Wildman–Crippen LogP) is 1.70. The van der Waals surface area contributed by atoms with Crippen LogP contribution < -0.4 is 9.47 Å². The highest BCUT2D eigenvalue weighted by molar-refractivity contribution is 5.47. The average molecular weight is 184 g/mol. The van der Waals surface area contributed by atoms with Crippen LogP contribution in [0.3, 0.4) is 0 Å². The van der Waals surface area contributed by atoms with Crippen molar-refractivity contribution >= 4 is 0 Å². The maximum Gasteiger partial charge on any atom is 0.189 e. The van der Waals surface area contributed by atoms with Crippen molar-refractivity contribution in [2.75, 3.05) is 13.9 Å². The van der Waals surface area contributed by atoms with Crippen LogP contribution in [0.25, 0.3) is 0 Å². The van der Waals surface area contributed by atoms with E-state index in [2.05, 4.69) is 0 Å². The molecule has 0 fully saturated rings. The van der Waals surface area contributed by atoms with Crippen LogP contribution in [0.1, 0.15) is 5.56 Å². The van der Waals surface area contributed by atoms with Gasteiger partial charge in [-0.05, 0) is 12.1 Å². The summed E-state index contributed by atoms with van der Waals surface area (Å²) in [5.41, 5.74) is 0.422. The van der Waals surface area contributed by atoms with E-state index >= 15 is 0 Å². The summed E-state index contributed by atoms with van der Waals surface area (Å²) in [7, 11) is 1.52. The zero-order valence-electron chi connectivity index (χ0n) is 7.17. The molecule has 13 heavy (non-hydrogen) atoms. The minimum absolute atomic E-state index is 0.146. The molecule has 0 amide bonds. The highest BCUT2D eigenvalue weighted by Crippen LogP contribution is 2.35. The highest BCUT2D eigenvalue weighted by Gasteiger charge is 2.19. The van der Waals surface area contributed by atoms with Gasteiger partial charge < -0.3 is 14.2 Å². The molecule has 4 heteroatoms. The van der Waals surface area contributed by atoms with E-state index in [1.54, 1.807) is 6.07 Å². The number of rotatable bonds is 1. The maximum atomic E-state index is 13.2. The van der Waals surface area contributed by atoms with Crippen LogP contribution in [-0.2, 0) is 11.3 Å². The van der Waals surface area contributed by atoms with E-state index in [1.165, 1.54) is 13.2 Å². The molecule has 0 unspecified atom stereocenters. The second-order valence-electron chi connectivity index (χ2n) is 2.67. The van der Waals surface area contributed by atoms with Crippen LogP contribution >= 0.6 is 0 Å². The minimum atomic E-state index is -0.324. The Kier molecular flexibility index (Phi) is 2.06. The van der Waals surface area contributed by atoms with E-state index in [1.807, 2.05) is 0 Å². The van der Waals surface area contributed by atoms with Crippen LogP contribution in [0.2, 0.25) is 0 Å². The molecular formula is C9H9FO3. The SMILES string of the molecule is COc1ccc(F)c2c1OCOC2. The van der Waals surface area contributed by atoms with Gasteiger partial charge in [0.1, 0.15) is 5.82 Å². The highest BCUT2D eigenvalue weighted by atomic mass is 19.1. The average Bonchev–Trinajstić information content (AvgIpc) is 2.19. The first kappa shape index (κ1) is 8.31. The van der Waals surface area contributed by atoms with Crippen molar-refractivity contribution in [3.05, 3.63) is 23.5 Å². The van der Waals surface area contributed by atoms with Crippen molar-refractivity contribution in [2.45, 2.75) is 6.61 Å². The van der Waals surface area contributed by atoms with Gasteiger partial charge in [-0.2, -0.15) is 0 Å². The molecule has 0 aromatic heterocycles. The summed E-state index contributed by atoms with van der Waals surface area (Å²) < 4.78 is 28.3. The van der Waals surface area contributed by atoms with Crippen LogP contribution in [0.5, 0.6) is 11.5 Å². The number of fused-ring (bicyclic) bond motifs is 1. The van der Waals surface area contributed by atoms with Crippen molar-refractivity contribution in [3.63, 3.8) is 0 Å². The van der Waals surface area contributed by atoms with Gasteiger partial charge in [0.15, 0.2) is 18.3 Å². The van der Waals surface area contributed by atoms with Crippen LogP contribution in [0.15, 0.2) is 12.1 Å². The Morgan fingerprint density at radius 3 is 3.08 bits per heavy atom. The lowest BCUT2D eigenvalue weighted by Gasteiger charge is -2.19. The zero-order chi connectivity index (χ0) is 9.26. The molecule has 1 aliphatic rings. The lowest BCUT2D eigenvalue weighted by molar-refractivity contribution is -0.0198. The summed E-state index contributed by atoms with van der Waals surface area (Å²) in [6.45, 7) is 0.380. The molecule has 0 spiro atoms. The van der Waals surface area contributed by atoms with E-state index in [9.17, 15) is 4.39 Å². The van der Waals surface area contributed by atoms with Gasteiger partial charge in [-0.3, -0.25) is 0 Å². The van der Waals surface area contributed by atoms with E-state index in [4.69, 9.17) is 14.2 Å². The van der Waals surface area contributed by atoms with Crippen molar-refractivity contribution < 1.29 is 18.6 Å². The van der Waals surface area contributed by atoms with E-state index < -0.39 is 0 Å². The number of hydrogen-bond donors (Lipinski definition) is 0. The smallest absolute Gasteiger partial charge is 0.189 e. The molecule has 0 aliphatic carbocycles. The largest absolute Gasteiger partial charge is 0.493 e. The van der Waals surface area contributed by atoms with E-state index in [0.29, 0.717) is 17.1 Å². The van der Waals surface area contributed by atoms with Crippen LogP contribution in [-0.4, -0.2) is 13.9 Å². The van der Waals surface area contributed by atoms with Gasteiger partial charge in [-0.25, -0.2) is 4.39 Å². The molecule has 3 nitrogen and oxygen atoms in total. The van der Waals surface area contributed by atoms with Gasteiger partial charge in [0.05, 0.1) is 19.3 Å². The first-order valence-corrected chi connectivity index (χ1v) is 3.89. The number of ether oxygens (including phenoxy) is 3. The Hall–Kier alpha value is -1.29. The van der Waals surface area contributed by atoms with Gasteiger partial charge in [0.2, 0.25) is 0 Å². The fourth-order valence-electron chi connectivity index (χ4n) is 1.28. The van der Waals surface area contributed by atoms with E-state index in [0.717, 1.165) is 0 Å². The molecule has 0 saturated carbocycles. The normalized spacial score (nSPS) is 14.6. The number of halogens is 1. The fourth-order valence-corrected chi connectivity index (χ4v) is 1.28. The summed E-state index contributed by atoms with van der Waals surface area (Å²) in [4.78, 5) is 0. The van der Waals surface area contributed by atoms with Crippen molar-refractivity contribution in [3.8, 4) is 11.5 Å². The molecule has 0 radical (unpaired) electrons. The Bertz CT molecular complexity index is 325. The number of hydrogen-bond acceptors (Lipinski definition) is 3. The monoisotopic (exact) mass is 184 g/mol. The second kappa shape index (κ2) is 3.22. The Morgan fingerprint density at radius 1 is 1.46 bits per heavy atom. The van der Waals surface area contributed by atoms with Gasteiger partial charge >= 0.3 is 0 Å². The number of methoxy groups -OCH3 is 1. The zero-order valence-corrected chi connectivity index (χ0v) is 7.17. The molecule has 70 valence electrons. The topological polar surface area (TPSA) is 27.7 Å². The standard InChI is InChI=1S/C9H9FO3/c1-11-8-3-2-7(10)6-4-12-5-13-9(6)8/h2-3H,4-5H2,1H3. The van der Waals surface area contributed by atoms with Gasteiger partial charge in [0, 0.05) is 0 Å². The first-order valence-electron chi connectivity index (χ1n) is 3.89. The minimum Gasteiger partial charge on any atom is -0.493 e. The third-order valence-corrected chi connectivity index (χ3v) is 1.92. The third-order valence-electron chi connectivity index (χ3n) is 1.92. The fraction of sp³-hybridized carbons (Fsp3) is 0.333. The number of benzene rings is 1. The van der Waals surface area contributed by atoms with Crippen molar-refractivity contribution in [1.29, 1.82) is 0 Å². The summed E-state index contributed by atoms with van der Waals surface area (Å²) in [6, 6.07) is 2.88. The van der Waals surface area contributed by atoms with Crippen LogP contribution in [0.4, 0.5) is 4.39 Å². The molecule has 1 aromatic rings. The van der Waals surface area contributed by atoms with Gasteiger partial charge in [-0.15, -0.1) is 0 Å². The maximum absolute atomic E-state index is 13.2. The van der Waals surface area contributed by atoms with Gasteiger partial charge in [0.25, 0.3) is 0 Å². The predicted molar refractivity (Wildman–Crippen MR) is 43.2 cm³/mol. The molecule has 0 atom stereocenters. The summed E-state index contributed by atoms with van der Waals surface area (Å²) in [5.74, 6) is 0.670. The first-order chi connectivity index (χ1) is 6.33. The lowest BCUT2D eigenvalue weighted by Crippen LogP contribution is -2.13. The molecular weight excluding hydrogens is 175 g/mol. The lowest BCUT2D eigenvalue weighted by atomic mass is 10.1. The molecule has 1 aliphatic heterocycles. The van der Waals surface area contributed by atoms with Crippen molar-refractivity contribution in [1.82, 2.24) is 0 Å². The molecule has 2 rings (SSSR count). The Morgan fingerprint density at radius 2 is 2.31 bits per heavy atom. The summed E-state index contributed by atoms with van der Waals surface area (Å²) >= 11 is 0. The molecule has 1 heterocycles. The quantitative estimate of drug-likeness (QED) is 0.664. The molecule has 1 aromatic carbocycles. The second-order valence-corrected chi connectivity index (χ2v) is 2.67. The summed E-state index contributed by atoms with van der Waals surface area (Å²) in [5, 5.41) is 0. The molecule has 0 N–H and O–H groups in total. The van der Waals surface area contributed by atoms with Crippen molar-refractivity contribution in [2.24, 2.45) is 0 Å². The summed E-state index contributed by atoms with van der Waals surface area (Å²) in [6.07, 6.45) is 0. The molecule has 0 bridgehead atoms. The Balaban J connectivity index is 2.52.